The van der Waals surface area contributed by atoms with Crippen molar-refractivity contribution < 1.29 is 5.76 Å². The molecule has 0 radical (unpaired) electrons. The topological polar surface area (TPSA) is 88.0 Å². The van der Waals surface area contributed by atoms with Crippen molar-refractivity contribution in [3.63, 3.8) is 0 Å². The second-order valence-electron chi connectivity index (χ2n) is 8.86. The number of hydrazine groups is 2. The maximum absolute atomic E-state index is 13.7. The van der Waals surface area contributed by atoms with Gasteiger partial charge in [-0.05, 0) is 55.5 Å². The van der Waals surface area contributed by atoms with Gasteiger partial charge in [0.15, 0.2) is 0 Å². The van der Waals surface area contributed by atoms with Crippen molar-refractivity contribution in [2.45, 2.75) is 43.8 Å². The van der Waals surface area contributed by atoms with E-state index in [-0.39, 0.29) is 5.82 Å². The van der Waals surface area contributed by atoms with E-state index in [1.165, 1.54) is 18.3 Å². The minimum absolute atomic E-state index is 0.324. The van der Waals surface area contributed by atoms with E-state index >= 15 is 0 Å². The minimum Gasteiger partial charge on any atom is -0.381 e. The van der Waals surface area contributed by atoms with Crippen molar-refractivity contribution in [2.75, 3.05) is 10.6 Å². The highest BCUT2D eigenvalue weighted by Crippen LogP contribution is 2.38. The van der Waals surface area contributed by atoms with Crippen molar-refractivity contribution in [1.82, 2.24) is 21.0 Å². The fraction of sp³-hybridized carbons (Fsp3) is 0.280. The summed E-state index contributed by atoms with van der Waals surface area (Å²) in [6.07, 6.45) is 7.66. The molecule has 0 bridgehead atoms. The molecule has 0 spiro atoms. The molecule has 6 rings (SSSR count). The Kier molecular flexibility index (Phi) is 4.88. The van der Waals surface area contributed by atoms with Crippen LogP contribution in [0.2, 0.25) is 5.02 Å². The summed E-state index contributed by atoms with van der Waals surface area (Å²) in [7, 11) is 0. The van der Waals surface area contributed by atoms with Gasteiger partial charge in [-0.25, -0.2) is 4.39 Å². The average Bonchev–Trinajstić information content (AvgIpc) is 3.79. The summed E-state index contributed by atoms with van der Waals surface area (Å²) in [4.78, 5) is 4.41. The van der Waals surface area contributed by atoms with Crippen LogP contribution in [-0.2, 0) is 0 Å². The second-order valence-corrected chi connectivity index (χ2v) is 9.26. The van der Waals surface area contributed by atoms with Gasteiger partial charge in [-0.2, -0.15) is 5.26 Å². The van der Waals surface area contributed by atoms with Crippen LogP contribution in [0, 0.1) is 17.1 Å². The number of aromatic nitrogens is 1. The minimum atomic E-state index is -1.48. The molecule has 2 heterocycles. The molecule has 3 aliphatic rings. The lowest BCUT2D eigenvalue weighted by Gasteiger charge is -2.22. The number of pyridine rings is 1. The quantitative estimate of drug-likeness (QED) is 0.383. The standard InChI is InChI=1S/C25H23ClFN7/c26-21-10-18(9-20-23(30-17-5-6-17)15(11-28)12-29-25(20)21)31-24(14-1-3-16(27)4-2-14)22-13-34(33-32-22)19-7-8-19/h1-4,9-10,12-13,17,19,24,31-33H,5-8H2,(H,29,30)/i24D. The van der Waals surface area contributed by atoms with Gasteiger partial charge in [0.2, 0.25) is 0 Å². The predicted octanol–water partition coefficient (Wildman–Crippen LogP) is 4.96. The fourth-order valence-electron chi connectivity index (χ4n) is 4.06. The summed E-state index contributed by atoms with van der Waals surface area (Å²) in [6.45, 7) is 0. The first-order valence-corrected chi connectivity index (χ1v) is 11.7. The Bertz CT molecular complexity index is 1380. The van der Waals surface area contributed by atoms with E-state index in [0.29, 0.717) is 56.2 Å². The molecule has 1 aliphatic heterocycles. The molecule has 2 fully saturated rings. The van der Waals surface area contributed by atoms with Crippen LogP contribution in [0.5, 0.6) is 0 Å². The Hall–Kier alpha value is -3.54. The van der Waals surface area contributed by atoms with Gasteiger partial charge in [0.05, 0.1) is 34.9 Å². The number of hydrogen-bond acceptors (Lipinski definition) is 7. The van der Waals surface area contributed by atoms with Gasteiger partial charge in [-0.3, -0.25) is 9.99 Å². The van der Waals surface area contributed by atoms with Gasteiger partial charge in [0.25, 0.3) is 0 Å². The molecule has 7 nitrogen and oxygen atoms in total. The van der Waals surface area contributed by atoms with Gasteiger partial charge >= 0.3 is 0 Å². The number of anilines is 2. The number of rotatable bonds is 7. The molecular weight excluding hydrogens is 453 g/mol. The molecule has 2 aromatic carbocycles. The van der Waals surface area contributed by atoms with E-state index in [9.17, 15) is 11.0 Å². The SMILES string of the molecule is [2H]C(Nc1cc(Cl)c2ncc(C#N)c(NC3CC3)c2c1)(C1=CN(C2CC2)NN1)c1ccc(F)cc1. The van der Waals surface area contributed by atoms with Crippen molar-refractivity contribution >= 4 is 33.9 Å². The van der Waals surface area contributed by atoms with E-state index in [1.54, 1.807) is 18.2 Å². The van der Waals surface area contributed by atoms with Gasteiger partial charge in [-0.1, -0.05) is 23.7 Å². The van der Waals surface area contributed by atoms with Crippen molar-refractivity contribution in [2.24, 2.45) is 0 Å². The third-order valence-corrected chi connectivity index (χ3v) is 6.46. The average molecular weight is 477 g/mol. The fourth-order valence-corrected chi connectivity index (χ4v) is 4.33. The van der Waals surface area contributed by atoms with Crippen LogP contribution >= 0.6 is 11.6 Å². The molecule has 0 saturated heterocycles. The zero-order valence-electron chi connectivity index (χ0n) is 19.2. The Morgan fingerprint density at radius 3 is 2.74 bits per heavy atom. The third-order valence-electron chi connectivity index (χ3n) is 6.17. The number of nitrogens with zero attached hydrogens (tertiary/aromatic N) is 3. The largest absolute Gasteiger partial charge is 0.381 e. The lowest BCUT2D eigenvalue weighted by atomic mass is 10.0. The van der Waals surface area contributed by atoms with Gasteiger partial charge in [-0.15, -0.1) is 5.53 Å². The number of fused-ring (bicyclic) bond motifs is 1. The number of hydrogen-bond donors (Lipinski definition) is 4. The van der Waals surface area contributed by atoms with Gasteiger partial charge in [0.1, 0.15) is 11.9 Å². The highest BCUT2D eigenvalue weighted by atomic mass is 35.5. The highest BCUT2D eigenvalue weighted by molar-refractivity contribution is 6.35. The van der Waals surface area contributed by atoms with Crippen LogP contribution in [0.1, 0.15) is 44.2 Å². The first-order valence-electron chi connectivity index (χ1n) is 11.8. The molecule has 34 heavy (non-hydrogen) atoms. The predicted molar refractivity (Wildman–Crippen MR) is 130 cm³/mol. The number of benzene rings is 2. The summed E-state index contributed by atoms with van der Waals surface area (Å²) >= 11 is 6.64. The Morgan fingerprint density at radius 2 is 2.03 bits per heavy atom. The number of nitriles is 1. The van der Waals surface area contributed by atoms with Crippen LogP contribution in [0.3, 0.4) is 0 Å². The Morgan fingerprint density at radius 1 is 1.24 bits per heavy atom. The van der Waals surface area contributed by atoms with Crippen molar-refractivity contribution in [1.29, 1.82) is 5.26 Å². The van der Waals surface area contributed by atoms with Crippen molar-refractivity contribution in [3.8, 4) is 6.07 Å². The van der Waals surface area contributed by atoms with Crippen LogP contribution in [0.15, 0.2) is 54.5 Å². The molecule has 1 aromatic heterocycles. The normalized spacial score (nSPS) is 19.6. The maximum atomic E-state index is 13.7. The Labute approximate surface area is 202 Å². The monoisotopic (exact) mass is 476 g/mol. The molecule has 3 aromatic rings. The summed E-state index contributed by atoms with van der Waals surface area (Å²) in [5.41, 5.74) is 9.63. The first kappa shape index (κ1) is 19.9. The highest BCUT2D eigenvalue weighted by Gasteiger charge is 2.32. The van der Waals surface area contributed by atoms with E-state index in [4.69, 9.17) is 11.6 Å². The molecule has 172 valence electrons. The summed E-state index contributed by atoms with van der Waals surface area (Å²) in [5, 5.41) is 19.5. The zero-order valence-corrected chi connectivity index (χ0v) is 19.0. The molecule has 1 unspecified atom stereocenters. The first-order chi connectivity index (χ1) is 16.9. The smallest absolute Gasteiger partial charge is 0.123 e. The number of halogens is 2. The maximum Gasteiger partial charge on any atom is 0.123 e. The lowest BCUT2D eigenvalue weighted by Crippen LogP contribution is -2.38. The van der Waals surface area contributed by atoms with E-state index < -0.39 is 6.02 Å². The van der Waals surface area contributed by atoms with Crippen molar-refractivity contribution in [3.05, 3.63) is 76.5 Å². The second kappa shape index (κ2) is 8.35. The van der Waals surface area contributed by atoms with E-state index in [1.807, 2.05) is 17.3 Å². The zero-order chi connectivity index (χ0) is 24.2. The summed E-state index contributed by atoms with van der Waals surface area (Å²) < 4.78 is 23.2. The molecule has 9 heteroatoms. The van der Waals surface area contributed by atoms with E-state index in [2.05, 4.69) is 32.6 Å². The summed E-state index contributed by atoms with van der Waals surface area (Å²) in [5.74, 6) is -0.373. The van der Waals surface area contributed by atoms with Gasteiger partial charge in [0, 0.05) is 35.6 Å². The van der Waals surface area contributed by atoms with E-state index in [0.717, 1.165) is 25.7 Å². The Balaban J connectivity index is 1.45. The van der Waals surface area contributed by atoms with Crippen LogP contribution in [0.4, 0.5) is 15.8 Å². The molecule has 1 atom stereocenters. The third kappa shape index (κ3) is 4.09. The molecule has 0 amide bonds. The van der Waals surface area contributed by atoms with Gasteiger partial charge < -0.3 is 16.1 Å². The lowest BCUT2D eigenvalue weighted by molar-refractivity contribution is 0.260. The molecule has 2 saturated carbocycles. The van der Waals surface area contributed by atoms with Crippen LogP contribution in [0.25, 0.3) is 10.9 Å². The van der Waals surface area contributed by atoms with Crippen LogP contribution < -0.4 is 21.6 Å². The molecule has 4 N–H and O–H groups in total. The molecular formula is C25H23ClFN7. The molecule has 2 aliphatic carbocycles. The number of nitrogens with one attached hydrogen (secondary N) is 4. The summed E-state index contributed by atoms with van der Waals surface area (Å²) in [6, 6.07) is 10.9. The van der Waals surface area contributed by atoms with Crippen LogP contribution in [-0.4, -0.2) is 22.1 Å².